The van der Waals surface area contributed by atoms with Gasteiger partial charge in [-0.05, 0) is 12.8 Å². The van der Waals surface area contributed by atoms with Crippen molar-refractivity contribution in [3.05, 3.63) is 42.1 Å². The fourth-order valence-electron chi connectivity index (χ4n) is 3.00. The number of carbonyl (C=O) groups excluding carboxylic acids is 1. The predicted octanol–water partition coefficient (Wildman–Crippen LogP) is 5.93. The third-order valence-electron chi connectivity index (χ3n) is 4.47. The average Bonchev–Trinajstić information content (AvgIpc) is 2.71. The Morgan fingerprint density at radius 2 is 1.13 bits per heavy atom. The number of hydrogen-bond acceptors (Lipinski definition) is 15. The molecule has 164 valence electrons. The van der Waals surface area contributed by atoms with Gasteiger partial charge in [-0.25, -0.2) is 4.40 Å². The minimum atomic E-state index is -0.466. The van der Waals surface area contributed by atoms with Crippen molar-refractivity contribution in [3.63, 3.8) is 0 Å². The molecule has 0 amide bonds. The first-order valence-electron chi connectivity index (χ1n) is 7.76. The number of Topliss-reactive ketones (excluding diaryl/α,β-unsaturated/α-hetero) is 1. The lowest BCUT2D eigenvalue weighted by Gasteiger charge is -2.30. The fourth-order valence-corrected chi connectivity index (χ4v) is 6.93. The molecule has 2 aliphatic carbocycles. The van der Waals surface area contributed by atoms with Gasteiger partial charge in [-0.1, -0.05) is 25.6 Å². The predicted molar refractivity (Wildman–Crippen MR) is 164 cm³/mol. The molecule has 0 fully saturated rings. The first kappa shape index (κ1) is 26.6. The molecule has 0 atom stereocenters. The highest BCUT2D eigenvalue weighted by Gasteiger charge is 2.42. The Hall–Kier alpha value is 0.970. The van der Waals surface area contributed by atoms with Crippen LogP contribution in [0.5, 0.6) is 0 Å². The number of allylic oxidation sites excluding steroid dienone is 6. The fraction of sp³-hybridized carbons (Fsp3) is 0. The van der Waals surface area contributed by atoms with Gasteiger partial charge >= 0.3 is 0 Å². The standard InChI is InChI=1S/C16H12N2O2S11/c19-7-1(3-9(21)13(25)5(17-29)14(26)10(3)22)8(20)2(7)4-11(23)15(27)6(18(30)31)16(28)12(4)24/h19,21-31H. The van der Waals surface area contributed by atoms with E-state index in [9.17, 15) is 9.90 Å². The second kappa shape index (κ2) is 9.91. The van der Waals surface area contributed by atoms with Crippen LogP contribution in [0, 0.1) is 0 Å². The van der Waals surface area contributed by atoms with Gasteiger partial charge in [-0.15, -0.1) is 101 Å². The molecule has 2 aliphatic rings. The van der Waals surface area contributed by atoms with Gasteiger partial charge in [-0.2, -0.15) is 0 Å². The lowest BCUT2D eigenvalue weighted by Crippen LogP contribution is -2.25. The van der Waals surface area contributed by atoms with Gasteiger partial charge in [-0.3, -0.25) is 8.51 Å². The number of aliphatic hydroxyl groups excluding tert-OH is 1. The summed E-state index contributed by atoms with van der Waals surface area (Å²) in [6, 6.07) is 0. The number of aliphatic hydroxyl groups is 1. The largest absolute Gasteiger partial charge is 0.506 e. The highest BCUT2D eigenvalue weighted by molar-refractivity contribution is 8.00. The summed E-state index contributed by atoms with van der Waals surface area (Å²) < 4.78 is 5.03. The number of ketones is 1. The van der Waals surface area contributed by atoms with Crippen molar-refractivity contribution in [2.45, 2.75) is 19.6 Å². The maximum Gasteiger partial charge on any atom is 0.201 e. The first-order chi connectivity index (χ1) is 14.4. The molecule has 0 aliphatic heterocycles. The number of benzene rings is 1. The van der Waals surface area contributed by atoms with E-state index in [1.165, 1.54) is 3.71 Å². The molecule has 0 saturated heterocycles. The van der Waals surface area contributed by atoms with Crippen molar-refractivity contribution >= 4 is 162 Å². The number of anilines is 1. The van der Waals surface area contributed by atoms with E-state index in [0.717, 1.165) is 0 Å². The van der Waals surface area contributed by atoms with E-state index in [0.29, 0.717) is 50.6 Å². The lowest BCUT2D eigenvalue weighted by molar-refractivity contribution is -0.111. The van der Waals surface area contributed by atoms with Crippen molar-refractivity contribution in [3.8, 4) is 0 Å². The summed E-state index contributed by atoms with van der Waals surface area (Å²) in [6.45, 7) is 0. The van der Waals surface area contributed by atoms with Gasteiger partial charge in [0, 0.05) is 50.3 Å². The van der Waals surface area contributed by atoms with E-state index >= 15 is 0 Å². The number of rotatable bonds is 2. The Kier molecular flexibility index (Phi) is 8.50. The first-order valence-corrected chi connectivity index (χ1v) is 12.5. The van der Waals surface area contributed by atoms with Crippen LogP contribution in [0.25, 0.3) is 5.57 Å². The Morgan fingerprint density at radius 3 is 1.48 bits per heavy atom. The van der Waals surface area contributed by atoms with Gasteiger partial charge in [0.1, 0.15) is 5.76 Å². The molecule has 0 spiro atoms. The van der Waals surface area contributed by atoms with Gasteiger partial charge in [0.15, 0.2) is 0 Å². The third-order valence-corrected chi connectivity index (χ3v) is 9.31. The van der Waals surface area contributed by atoms with E-state index in [2.05, 4.69) is 144 Å². The quantitative estimate of drug-likeness (QED) is 0.151. The van der Waals surface area contributed by atoms with Gasteiger partial charge in [0.2, 0.25) is 5.78 Å². The van der Waals surface area contributed by atoms with Crippen molar-refractivity contribution in [1.29, 1.82) is 0 Å². The SMILES string of the molecule is O=C1C(=C2C(S)=C(S)C(=NS)C(S)=C2S)C(O)=C1c1c(S)c(S)c(N(S)S)c(S)c1S. The molecule has 15 heteroatoms. The van der Waals surface area contributed by atoms with Crippen LogP contribution < -0.4 is 3.71 Å². The Bertz CT molecular complexity index is 1170. The van der Waals surface area contributed by atoms with Crippen molar-refractivity contribution in [2.24, 2.45) is 4.40 Å². The molecule has 1 aromatic rings. The highest BCUT2D eigenvalue weighted by atomic mass is 32.2. The van der Waals surface area contributed by atoms with E-state index < -0.39 is 5.78 Å². The van der Waals surface area contributed by atoms with Crippen LogP contribution in [0.1, 0.15) is 5.56 Å². The molecule has 0 aromatic heterocycles. The molecular weight excluding hydrogens is 605 g/mol. The lowest BCUT2D eigenvalue weighted by atomic mass is 9.79. The summed E-state index contributed by atoms with van der Waals surface area (Å²) in [5.74, 6) is -0.745. The molecular formula is C16H12N2O2S11. The molecule has 0 radical (unpaired) electrons. The molecule has 3 rings (SSSR count). The number of thiol groups is 11. The Labute approximate surface area is 239 Å². The Balaban J connectivity index is 2.33. The minimum absolute atomic E-state index is 0.0110. The molecule has 31 heavy (non-hydrogen) atoms. The van der Waals surface area contributed by atoms with Gasteiger partial charge in [0.05, 0.1) is 22.5 Å². The van der Waals surface area contributed by atoms with Crippen LogP contribution >= 0.6 is 139 Å². The monoisotopic (exact) mass is 616 g/mol. The molecule has 0 unspecified atom stereocenters. The topological polar surface area (TPSA) is 52.9 Å². The summed E-state index contributed by atoms with van der Waals surface area (Å²) in [5, 5.41) is 10.9. The molecule has 0 saturated carbocycles. The molecule has 1 N–H and O–H groups in total. The number of hydrogen-bond donors (Lipinski definition) is 12. The van der Waals surface area contributed by atoms with E-state index in [-0.39, 0.29) is 28.0 Å². The number of carbonyl (C=O) groups is 1. The normalized spacial score (nSPS) is 17.1. The van der Waals surface area contributed by atoms with Crippen molar-refractivity contribution < 1.29 is 9.90 Å². The maximum absolute atomic E-state index is 13.2. The number of nitrogens with zero attached hydrogens (tertiary/aromatic N) is 2. The summed E-state index contributed by atoms with van der Waals surface area (Å²) in [4.78, 5) is 15.8. The third kappa shape index (κ3) is 4.17. The summed E-state index contributed by atoms with van der Waals surface area (Å²) in [6.07, 6.45) is 0. The Morgan fingerprint density at radius 1 is 0.677 bits per heavy atom. The van der Waals surface area contributed by atoms with E-state index in [1.54, 1.807) is 0 Å². The smallest absolute Gasteiger partial charge is 0.201 e. The van der Waals surface area contributed by atoms with Crippen LogP contribution in [0.15, 0.2) is 60.5 Å². The van der Waals surface area contributed by atoms with Crippen LogP contribution in [0.3, 0.4) is 0 Å². The zero-order valence-electron chi connectivity index (χ0n) is 14.7. The van der Waals surface area contributed by atoms with Crippen LogP contribution in [-0.4, -0.2) is 16.6 Å². The van der Waals surface area contributed by atoms with Gasteiger partial charge < -0.3 is 5.11 Å². The zero-order valence-corrected chi connectivity index (χ0v) is 24.5. The van der Waals surface area contributed by atoms with Crippen molar-refractivity contribution in [2.75, 3.05) is 3.71 Å². The summed E-state index contributed by atoms with van der Waals surface area (Å²) >= 11 is 47.7. The summed E-state index contributed by atoms with van der Waals surface area (Å²) in [5.41, 5.74) is 1.35. The van der Waals surface area contributed by atoms with Crippen LogP contribution in [0.4, 0.5) is 5.69 Å². The minimum Gasteiger partial charge on any atom is -0.506 e. The molecule has 1 aromatic carbocycles. The maximum atomic E-state index is 13.2. The summed E-state index contributed by atoms with van der Waals surface area (Å²) in [7, 11) is 0. The molecule has 4 nitrogen and oxygen atoms in total. The second-order valence-electron chi connectivity index (χ2n) is 6.05. The zero-order chi connectivity index (χ0) is 23.5. The van der Waals surface area contributed by atoms with Gasteiger partial charge in [0.25, 0.3) is 0 Å². The van der Waals surface area contributed by atoms with E-state index in [4.69, 9.17) is 0 Å². The molecule has 0 bridgehead atoms. The van der Waals surface area contributed by atoms with Crippen LogP contribution in [-0.2, 0) is 4.79 Å². The van der Waals surface area contributed by atoms with E-state index in [1.807, 2.05) is 0 Å². The highest BCUT2D eigenvalue weighted by Crippen LogP contribution is 2.52. The van der Waals surface area contributed by atoms with Crippen molar-refractivity contribution in [1.82, 2.24) is 0 Å². The molecule has 0 heterocycles. The second-order valence-corrected chi connectivity index (χ2v) is 10.9. The average molecular weight is 617 g/mol. The van der Waals surface area contributed by atoms with Crippen LogP contribution in [0.2, 0.25) is 0 Å².